The average molecular weight is 187 g/mol. The van der Waals surface area contributed by atoms with Gasteiger partial charge in [0.15, 0.2) is 0 Å². The Labute approximate surface area is 85.6 Å². The maximum Gasteiger partial charge on any atom is 0.0226 e. The highest BCUT2D eigenvalue weighted by Crippen LogP contribution is 2.20. The molecule has 0 amide bonds. The molecule has 0 saturated heterocycles. The number of hydrogen-bond donors (Lipinski definition) is 1. The molecular weight excluding hydrogens is 170 g/mol. The molecule has 0 radical (unpaired) electrons. The predicted molar refractivity (Wildman–Crippen MR) is 60.1 cm³/mol. The minimum absolute atomic E-state index is 0.294. The molecule has 0 bridgehead atoms. The van der Waals surface area contributed by atoms with E-state index in [2.05, 4.69) is 36.4 Å². The summed E-state index contributed by atoms with van der Waals surface area (Å²) in [4.78, 5) is 0. The van der Waals surface area contributed by atoms with Crippen LogP contribution in [0.2, 0.25) is 0 Å². The highest BCUT2D eigenvalue weighted by Gasteiger charge is 2.09. The lowest BCUT2D eigenvalue weighted by Crippen LogP contribution is -2.20. The summed E-state index contributed by atoms with van der Waals surface area (Å²) in [5.41, 5.74) is 8.81. The fourth-order valence-electron chi connectivity index (χ4n) is 2.04. The maximum absolute atomic E-state index is 5.90. The third kappa shape index (κ3) is 2.46. The van der Waals surface area contributed by atoms with Crippen molar-refractivity contribution >= 4 is 0 Å². The molecule has 0 saturated carbocycles. The van der Waals surface area contributed by atoms with Gasteiger partial charge in [-0.1, -0.05) is 42.0 Å². The van der Waals surface area contributed by atoms with E-state index in [1.165, 1.54) is 24.0 Å². The van der Waals surface area contributed by atoms with E-state index in [1.807, 2.05) is 0 Å². The Morgan fingerprint density at radius 3 is 2.71 bits per heavy atom. The summed E-state index contributed by atoms with van der Waals surface area (Å²) in [7, 11) is 0. The van der Waals surface area contributed by atoms with E-state index in [0.29, 0.717) is 6.04 Å². The van der Waals surface area contributed by atoms with Gasteiger partial charge in [0.25, 0.3) is 0 Å². The summed E-state index contributed by atoms with van der Waals surface area (Å²) >= 11 is 0. The van der Waals surface area contributed by atoms with Crippen LogP contribution in [0.3, 0.4) is 0 Å². The minimum atomic E-state index is 0.294. The fraction of sp³-hybridized carbons (Fsp3) is 0.385. The first-order chi connectivity index (χ1) is 6.84. The van der Waals surface area contributed by atoms with Gasteiger partial charge in [-0.3, -0.25) is 0 Å². The average Bonchev–Trinajstić information content (AvgIpc) is 2.19. The van der Waals surface area contributed by atoms with Crippen molar-refractivity contribution in [2.45, 2.75) is 31.7 Å². The molecule has 2 N–H and O–H groups in total. The fourth-order valence-corrected chi connectivity index (χ4v) is 2.04. The van der Waals surface area contributed by atoms with E-state index in [1.54, 1.807) is 0 Å². The van der Waals surface area contributed by atoms with Crippen molar-refractivity contribution in [1.82, 2.24) is 0 Å². The Morgan fingerprint density at radius 2 is 2.00 bits per heavy atom. The van der Waals surface area contributed by atoms with Crippen LogP contribution in [0.25, 0.3) is 0 Å². The summed E-state index contributed by atoms with van der Waals surface area (Å²) < 4.78 is 0. The SMILES string of the molecule is NC1C=C(Cc2ccccc2)CCC1. The highest BCUT2D eigenvalue weighted by molar-refractivity contribution is 5.23. The second-order valence-electron chi connectivity index (χ2n) is 4.04. The van der Waals surface area contributed by atoms with Crippen LogP contribution in [-0.4, -0.2) is 6.04 Å². The number of rotatable bonds is 2. The van der Waals surface area contributed by atoms with E-state index >= 15 is 0 Å². The summed E-state index contributed by atoms with van der Waals surface area (Å²) in [5.74, 6) is 0. The smallest absolute Gasteiger partial charge is 0.0226 e. The lowest BCUT2D eigenvalue weighted by Gasteiger charge is -2.17. The lowest BCUT2D eigenvalue weighted by atomic mass is 9.92. The van der Waals surface area contributed by atoms with Gasteiger partial charge < -0.3 is 5.73 Å². The van der Waals surface area contributed by atoms with Crippen molar-refractivity contribution in [2.24, 2.45) is 5.73 Å². The minimum Gasteiger partial charge on any atom is -0.324 e. The van der Waals surface area contributed by atoms with E-state index in [4.69, 9.17) is 5.73 Å². The summed E-state index contributed by atoms with van der Waals surface area (Å²) in [6, 6.07) is 10.9. The van der Waals surface area contributed by atoms with Crippen molar-refractivity contribution in [3.05, 3.63) is 47.5 Å². The van der Waals surface area contributed by atoms with Crippen molar-refractivity contribution in [2.75, 3.05) is 0 Å². The zero-order valence-electron chi connectivity index (χ0n) is 8.45. The number of allylic oxidation sites excluding steroid dienone is 1. The monoisotopic (exact) mass is 187 g/mol. The molecule has 1 atom stereocenters. The second kappa shape index (κ2) is 4.43. The third-order valence-corrected chi connectivity index (χ3v) is 2.76. The molecule has 14 heavy (non-hydrogen) atoms. The highest BCUT2D eigenvalue weighted by atomic mass is 14.6. The molecule has 74 valence electrons. The molecule has 1 aromatic carbocycles. The Balaban J connectivity index is 2.04. The lowest BCUT2D eigenvalue weighted by molar-refractivity contribution is 0.617. The zero-order valence-corrected chi connectivity index (χ0v) is 8.45. The predicted octanol–water partition coefficient (Wildman–Crippen LogP) is 2.67. The standard InChI is InChI=1S/C13H17N/c14-13-8-4-7-12(10-13)9-11-5-2-1-3-6-11/h1-3,5-6,10,13H,4,7-9,14H2. The quantitative estimate of drug-likeness (QED) is 0.708. The van der Waals surface area contributed by atoms with Crippen LogP contribution < -0.4 is 5.73 Å². The van der Waals surface area contributed by atoms with E-state index in [0.717, 1.165) is 12.8 Å². The van der Waals surface area contributed by atoms with Crippen molar-refractivity contribution in [1.29, 1.82) is 0 Å². The molecule has 1 heteroatoms. The molecular formula is C13H17N. The van der Waals surface area contributed by atoms with Crippen molar-refractivity contribution < 1.29 is 0 Å². The van der Waals surface area contributed by atoms with E-state index in [9.17, 15) is 0 Å². The summed E-state index contributed by atoms with van der Waals surface area (Å²) in [6.45, 7) is 0. The van der Waals surface area contributed by atoms with Gasteiger partial charge >= 0.3 is 0 Å². The van der Waals surface area contributed by atoms with Crippen LogP contribution in [0.1, 0.15) is 24.8 Å². The maximum atomic E-state index is 5.90. The van der Waals surface area contributed by atoms with Crippen LogP contribution in [0.5, 0.6) is 0 Å². The Bertz CT molecular complexity index is 313. The van der Waals surface area contributed by atoms with Gasteiger partial charge in [0.1, 0.15) is 0 Å². The van der Waals surface area contributed by atoms with Gasteiger partial charge in [0.2, 0.25) is 0 Å². The van der Waals surface area contributed by atoms with Crippen LogP contribution in [0.4, 0.5) is 0 Å². The molecule has 0 fully saturated rings. The molecule has 0 aliphatic heterocycles. The second-order valence-corrected chi connectivity index (χ2v) is 4.04. The first kappa shape index (κ1) is 9.47. The van der Waals surface area contributed by atoms with Gasteiger partial charge in [-0.05, 0) is 31.2 Å². The molecule has 1 aliphatic carbocycles. The van der Waals surface area contributed by atoms with Gasteiger partial charge in [-0.2, -0.15) is 0 Å². The first-order valence-electron chi connectivity index (χ1n) is 5.33. The normalized spacial score (nSPS) is 21.8. The van der Waals surface area contributed by atoms with Gasteiger partial charge in [0.05, 0.1) is 0 Å². The Kier molecular flexibility index (Phi) is 3.00. The third-order valence-electron chi connectivity index (χ3n) is 2.76. The van der Waals surface area contributed by atoms with Crippen molar-refractivity contribution in [3.63, 3.8) is 0 Å². The van der Waals surface area contributed by atoms with Gasteiger partial charge in [-0.15, -0.1) is 0 Å². The van der Waals surface area contributed by atoms with Crippen LogP contribution in [0.15, 0.2) is 42.0 Å². The van der Waals surface area contributed by atoms with Crippen LogP contribution >= 0.6 is 0 Å². The van der Waals surface area contributed by atoms with Gasteiger partial charge in [0, 0.05) is 6.04 Å². The summed E-state index contributed by atoms with van der Waals surface area (Å²) in [6.07, 6.45) is 6.95. The van der Waals surface area contributed by atoms with E-state index < -0.39 is 0 Å². The zero-order chi connectivity index (χ0) is 9.80. The number of benzene rings is 1. The topological polar surface area (TPSA) is 26.0 Å². The molecule has 0 spiro atoms. The number of hydrogen-bond acceptors (Lipinski definition) is 1. The summed E-state index contributed by atoms with van der Waals surface area (Å²) in [5, 5.41) is 0. The van der Waals surface area contributed by atoms with Crippen molar-refractivity contribution in [3.8, 4) is 0 Å². The Morgan fingerprint density at radius 1 is 1.21 bits per heavy atom. The molecule has 1 nitrogen and oxygen atoms in total. The molecule has 0 heterocycles. The molecule has 1 aliphatic rings. The Hall–Kier alpha value is -1.08. The van der Waals surface area contributed by atoms with Crippen LogP contribution in [-0.2, 0) is 6.42 Å². The molecule has 1 unspecified atom stereocenters. The first-order valence-corrected chi connectivity index (χ1v) is 5.33. The van der Waals surface area contributed by atoms with E-state index in [-0.39, 0.29) is 0 Å². The van der Waals surface area contributed by atoms with Gasteiger partial charge in [-0.25, -0.2) is 0 Å². The molecule has 0 aromatic heterocycles. The number of nitrogens with two attached hydrogens (primary N) is 1. The molecule has 2 rings (SSSR count). The molecule has 1 aromatic rings. The largest absolute Gasteiger partial charge is 0.324 e. The van der Waals surface area contributed by atoms with Crippen LogP contribution in [0, 0.1) is 0 Å².